The second kappa shape index (κ2) is 18.5. The Morgan fingerprint density at radius 2 is 1.35 bits per heavy atom. The van der Waals surface area contributed by atoms with Gasteiger partial charge in [-0.3, -0.25) is 19.2 Å². The zero-order valence-electron chi connectivity index (χ0n) is 35.5. The zero-order chi connectivity index (χ0) is 43.3. The van der Waals surface area contributed by atoms with Gasteiger partial charge in [0.05, 0.1) is 35.2 Å². The zero-order valence-corrected chi connectivity index (χ0v) is 35.5. The van der Waals surface area contributed by atoms with Gasteiger partial charge in [0.1, 0.15) is 29.4 Å². The van der Waals surface area contributed by atoms with Crippen LogP contribution in [0.25, 0.3) is 22.5 Å². The van der Waals surface area contributed by atoms with Crippen molar-refractivity contribution < 1.29 is 23.6 Å². The summed E-state index contributed by atoms with van der Waals surface area (Å²) in [6.07, 6.45) is 7.49. The molecule has 0 radical (unpaired) electrons. The molecule has 14 nitrogen and oxygen atoms in total. The summed E-state index contributed by atoms with van der Waals surface area (Å²) in [5.74, 6) is 0.645. The second-order valence-corrected chi connectivity index (χ2v) is 15.9. The van der Waals surface area contributed by atoms with Crippen LogP contribution >= 0.6 is 0 Å². The molecule has 2 saturated heterocycles. The number of benzene rings is 2. The van der Waals surface area contributed by atoms with E-state index in [1.54, 1.807) is 72.3 Å². The van der Waals surface area contributed by atoms with Crippen LogP contribution in [-0.2, 0) is 9.59 Å². The number of alkyl halides is 1. The van der Waals surface area contributed by atoms with Crippen LogP contribution in [0.1, 0.15) is 91.4 Å². The van der Waals surface area contributed by atoms with E-state index in [2.05, 4.69) is 25.3 Å². The first-order valence-electron chi connectivity index (χ1n) is 21.0. The number of hydrogen-bond donors (Lipinski definition) is 3. The molecule has 4 fully saturated rings. The highest BCUT2D eigenvalue weighted by Gasteiger charge is 2.56. The number of nitrogen functional groups attached to an aromatic ring is 2. The lowest BCUT2D eigenvalue weighted by atomic mass is 10.00. The van der Waals surface area contributed by atoms with E-state index in [1.807, 2.05) is 45.0 Å². The van der Waals surface area contributed by atoms with E-state index in [0.717, 1.165) is 30.4 Å². The van der Waals surface area contributed by atoms with Crippen LogP contribution in [0.5, 0.6) is 0 Å². The molecule has 2 aromatic carbocycles. The first-order chi connectivity index (χ1) is 28.8. The number of rotatable bonds is 9. The largest absolute Gasteiger partial charge is 0.382 e. The molecule has 4 atom stereocenters. The average molecular weight is 821 g/mol. The molecule has 2 aliphatic carbocycles. The molecule has 0 spiro atoms. The van der Waals surface area contributed by atoms with Crippen molar-refractivity contribution >= 4 is 35.3 Å². The maximum atomic E-state index is 14.6. The van der Waals surface area contributed by atoms with Gasteiger partial charge in [0.25, 0.3) is 11.8 Å². The van der Waals surface area contributed by atoms with Gasteiger partial charge >= 0.3 is 0 Å². The van der Waals surface area contributed by atoms with Crippen LogP contribution in [-0.4, -0.2) is 109 Å². The highest BCUT2D eigenvalue weighted by atomic mass is 19.1. The highest BCUT2D eigenvalue weighted by Crippen LogP contribution is 2.53. The molecule has 8 rings (SSSR count). The molecular weight excluding hydrogens is 764 g/mol. The summed E-state index contributed by atoms with van der Waals surface area (Å²) in [6, 6.07) is 13.4. The van der Waals surface area contributed by atoms with Crippen LogP contribution in [0.15, 0.2) is 60.9 Å². The van der Waals surface area contributed by atoms with E-state index in [9.17, 15) is 23.6 Å². The van der Waals surface area contributed by atoms with Crippen molar-refractivity contribution in [3.05, 3.63) is 83.4 Å². The number of piperazine rings is 2. The lowest BCUT2D eigenvalue weighted by Crippen LogP contribution is -2.57. The standard InChI is InChI=1S/C23H28FN5O2.C20H23N5O2.C2H6/c1-4-23(24)12-17(23)11-19-22(31)28(3)8-9-29(19)21(30)16-7-5-6-15(10-16)18-13-26-20(25)14(2)27-18;1-12-18(21)23-11-16(24-12)14-3-2-4-15(10-14)20(27)25-8-7-22-19(26)17(25)9-13-5-6-13;1-2/h5-7,10,13,17,19H,4,8-9,11-12H2,1-3H3,(H2,25,26);2-4,10-11,13,17H,5-9H2,1H3,(H2,21,23)(H,22,26);1-2H3. The quantitative estimate of drug-likeness (QED) is 0.190. The van der Waals surface area contributed by atoms with Crippen molar-refractivity contribution in [3.63, 3.8) is 0 Å². The monoisotopic (exact) mass is 820 g/mol. The third-order valence-corrected chi connectivity index (χ3v) is 11.9. The van der Waals surface area contributed by atoms with E-state index in [1.165, 1.54) is 0 Å². The molecular formula is C45H57FN10O4. The topological polar surface area (TPSA) is 194 Å². The number of likely N-dealkylation sites (N-methyl/N-ethyl adjacent to an activating group) is 1. The number of aromatic nitrogens is 4. The summed E-state index contributed by atoms with van der Waals surface area (Å²) < 4.78 is 14.6. The molecule has 4 unspecified atom stereocenters. The van der Waals surface area contributed by atoms with Gasteiger partial charge in [0.2, 0.25) is 11.8 Å². The Labute approximate surface area is 351 Å². The lowest BCUT2D eigenvalue weighted by molar-refractivity contribution is -0.139. The summed E-state index contributed by atoms with van der Waals surface area (Å²) in [5, 5.41) is 2.89. The lowest BCUT2D eigenvalue weighted by Gasteiger charge is -2.39. The molecule has 4 aromatic rings. The SMILES string of the molecule is CC.CCC1(F)CC1CC1C(=O)N(C)CCN1C(=O)c1cccc(-c2cnc(N)c(C)n2)c1.Cc1nc(-c2cccc(C(=O)N3CCNC(=O)C3CC3CC3)c2)cnc1N. The van der Waals surface area contributed by atoms with Crippen LogP contribution in [0, 0.1) is 25.7 Å². The number of nitrogens with two attached hydrogens (primary N) is 2. The number of hydrogen-bond acceptors (Lipinski definition) is 10. The molecule has 4 aliphatic rings. The van der Waals surface area contributed by atoms with Crippen LogP contribution in [0.3, 0.4) is 0 Å². The second-order valence-electron chi connectivity index (χ2n) is 15.9. The number of anilines is 2. The molecule has 2 aliphatic heterocycles. The Balaban J connectivity index is 0.000000195. The molecule has 2 aromatic heterocycles. The third kappa shape index (κ3) is 9.72. The number of amides is 4. The first kappa shape index (κ1) is 43.6. The van der Waals surface area contributed by atoms with Crippen molar-refractivity contribution in [1.29, 1.82) is 0 Å². The molecule has 5 N–H and O–H groups in total. The number of carbonyl (C=O) groups excluding carboxylic acids is 4. The van der Waals surface area contributed by atoms with Crippen molar-refractivity contribution in [1.82, 2.24) is 40.0 Å². The molecule has 4 heterocycles. The summed E-state index contributed by atoms with van der Waals surface area (Å²) >= 11 is 0. The average Bonchev–Trinajstić information content (AvgIpc) is 4.20. The predicted molar refractivity (Wildman–Crippen MR) is 229 cm³/mol. The number of carbonyl (C=O) groups is 4. The van der Waals surface area contributed by atoms with Gasteiger partial charge in [-0.15, -0.1) is 0 Å². The summed E-state index contributed by atoms with van der Waals surface area (Å²) in [5.41, 5.74) is 15.4. The number of nitrogens with zero attached hydrogens (tertiary/aromatic N) is 7. The fourth-order valence-electron chi connectivity index (χ4n) is 7.81. The van der Waals surface area contributed by atoms with Gasteiger partial charge in [-0.1, -0.05) is 57.9 Å². The molecule has 2 saturated carbocycles. The minimum absolute atomic E-state index is 0.0438. The van der Waals surface area contributed by atoms with Crippen molar-refractivity contribution in [2.45, 2.75) is 90.9 Å². The number of halogens is 1. The highest BCUT2D eigenvalue weighted by molar-refractivity contribution is 6.00. The number of nitrogens with one attached hydrogen (secondary N) is 1. The Morgan fingerprint density at radius 1 is 0.817 bits per heavy atom. The molecule has 318 valence electrons. The molecule has 15 heteroatoms. The Hall–Kier alpha value is -5.99. The van der Waals surface area contributed by atoms with Crippen molar-refractivity contribution in [2.75, 3.05) is 44.7 Å². The van der Waals surface area contributed by atoms with Crippen LogP contribution in [0.2, 0.25) is 0 Å². The van der Waals surface area contributed by atoms with Crippen molar-refractivity contribution in [3.8, 4) is 22.5 Å². The molecule has 0 bridgehead atoms. The minimum atomic E-state index is -1.20. The Kier molecular flexibility index (Phi) is 13.4. The van der Waals surface area contributed by atoms with Crippen LogP contribution < -0.4 is 16.8 Å². The van der Waals surface area contributed by atoms with E-state index in [0.29, 0.717) is 96.9 Å². The summed E-state index contributed by atoms with van der Waals surface area (Å²) in [6.45, 7) is 11.3. The maximum Gasteiger partial charge on any atom is 0.254 e. The van der Waals surface area contributed by atoms with E-state index >= 15 is 0 Å². The van der Waals surface area contributed by atoms with E-state index in [4.69, 9.17) is 11.5 Å². The first-order valence-corrected chi connectivity index (χ1v) is 21.0. The normalized spacial score (nSPS) is 22.2. The van der Waals surface area contributed by atoms with Gasteiger partial charge in [0.15, 0.2) is 0 Å². The smallest absolute Gasteiger partial charge is 0.254 e. The minimum Gasteiger partial charge on any atom is -0.382 e. The maximum absolute atomic E-state index is 14.6. The van der Waals surface area contributed by atoms with Gasteiger partial charge in [0, 0.05) is 55.5 Å². The van der Waals surface area contributed by atoms with Gasteiger partial charge in [-0.05, 0) is 75.6 Å². The Morgan fingerprint density at radius 3 is 1.83 bits per heavy atom. The van der Waals surface area contributed by atoms with Gasteiger partial charge in [-0.25, -0.2) is 24.3 Å². The van der Waals surface area contributed by atoms with E-state index in [-0.39, 0.29) is 35.6 Å². The summed E-state index contributed by atoms with van der Waals surface area (Å²) in [4.78, 5) is 73.9. The Bertz CT molecular complexity index is 2230. The third-order valence-electron chi connectivity index (χ3n) is 11.9. The number of aryl methyl sites for hydroxylation is 2. The van der Waals surface area contributed by atoms with Gasteiger partial charge in [-0.2, -0.15) is 0 Å². The predicted octanol–water partition coefficient (Wildman–Crippen LogP) is 5.65. The molecule has 60 heavy (non-hydrogen) atoms. The fourth-order valence-corrected chi connectivity index (χ4v) is 7.81. The van der Waals surface area contributed by atoms with Gasteiger partial charge < -0.3 is 31.5 Å². The summed E-state index contributed by atoms with van der Waals surface area (Å²) in [7, 11) is 1.73. The fraction of sp³-hybridized carbons (Fsp3) is 0.467. The van der Waals surface area contributed by atoms with E-state index < -0.39 is 11.7 Å². The van der Waals surface area contributed by atoms with Crippen LogP contribution in [0.4, 0.5) is 16.0 Å². The van der Waals surface area contributed by atoms with Crippen molar-refractivity contribution in [2.24, 2.45) is 11.8 Å². The molecule has 4 amide bonds.